The molecule has 1 unspecified atom stereocenters. The van der Waals surface area contributed by atoms with Crippen LogP contribution >= 0.6 is 0 Å². The van der Waals surface area contributed by atoms with Gasteiger partial charge >= 0.3 is 0 Å². The molecule has 0 spiro atoms. The number of amides is 1. The van der Waals surface area contributed by atoms with Crippen molar-refractivity contribution in [1.82, 2.24) is 16.0 Å². The maximum absolute atomic E-state index is 11.6. The highest BCUT2D eigenvalue weighted by Gasteiger charge is 2.63. The van der Waals surface area contributed by atoms with Crippen molar-refractivity contribution in [1.29, 1.82) is 0 Å². The molecule has 0 aromatic heterocycles. The molecule has 10 heteroatoms. The number of nitrogens with one attached hydrogen (secondary N) is 3. The molecule has 0 aromatic carbocycles. The quantitative estimate of drug-likeness (QED) is 0.304. The minimum Gasteiger partial charge on any atom is -0.390 e. The molecule has 1 amide bonds. The summed E-state index contributed by atoms with van der Waals surface area (Å²) in [5.74, 6) is -2.24. The van der Waals surface area contributed by atoms with Crippen LogP contribution in [0, 0.1) is 0 Å². The largest absolute Gasteiger partial charge is 0.390 e. The molecule has 3 aliphatic rings. The van der Waals surface area contributed by atoms with Crippen LogP contribution in [0.4, 0.5) is 0 Å². The zero-order valence-corrected chi connectivity index (χ0v) is 15.4. The molecule has 0 bridgehead atoms. The average molecular weight is 375 g/mol. The fraction of sp³-hybridized carbons (Fsp3) is 0.938. The zero-order valence-electron chi connectivity index (χ0n) is 15.4. The first-order valence-electron chi connectivity index (χ1n) is 8.91. The minimum atomic E-state index is -1.93. The molecular weight excluding hydrogens is 346 g/mol. The summed E-state index contributed by atoms with van der Waals surface area (Å²) in [6.07, 6.45) is -4.86. The molecule has 26 heavy (non-hydrogen) atoms. The monoisotopic (exact) mass is 375 g/mol. The Morgan fingerprint density at radius 1 is 1.08 bits per heavy atom. The molecular formula is C16H29N3O7. The summed E-state index contributed by atoms with van der Waals surface area (Å²) in [6, 6.07) is -2.00. The van der Waals surface area contributed by atoms with Crippen molar-refractivity contribution in [3.8, 4) is 0 Å². The highest BCUT2D eigenvalue weighted by atomic mass is 16.8. The van der Waals surface area contributed by atoms with Gasteiger partial charge in [-0.25, -0.2) is 0 Å². The molecule has 1 aliphatic carbocycles. The van der Waals surface area contributed by atoms with Crippen molar-refractivity contribution in [3.05, 3.63) is 0 Å². The van der Waals surface area contributed by atoms with Gasteiger partial charge in [-0.1, -0.05) is 0 Å². The summed E-state index contributed by atoms with van der Waals surface area (Å²) in [5.41, 5.74) is 0. The Bertz CT molecular complexity index is 538. The lowest BCUT2D eigenvalue weighted by atomic mass is 9.79. The van der Waals surface area contributed by atoms with Crippen molar-refractivity contribution >= 4 is 5.91 Å². The summed E-state index contributed by atoms with van der Waals surface area (Å²) in [7, 11) is 3.29. The molecule has 1 saturated carbocycles. The number of aliphatic hydroxyl groups is 3. The lowest BCUT2D eigenvalue weighted by Crippen LogP contribution is -2.79. The van der Waals surface area contributed by atoms with Gasteiger partial charge in [0.1, 0.15) is 18.3 Å². The average Bonchev–Trinajstić information content (AvgIpc) is 2.55. The smallest absolute Gasteiger partial charge is 0.239 e. The maximum atomic E-state index is 11.6. The van der Waals surface area contributed by atoms with Crippen molar-refractivity contribution in [2.45, 2.75) is 81.0 Å². The summed E-state index contributed by atoms with van der Waals surface area (Å²) in [4.78, 5) is 11.6. The van der Waals surface area contributed by atoms with E-state index in [1.807, 2.05) is 0 Å². The number of hydrogen-bond acceptors (Lipinski definition) is 9. The number of ether oxygens (including phenoxy) is 3. The van der Waals surface area contributed by atoms with Crippen LogP contribution in [0.1, 0.15) is 20.3 Å². The highest BCUT2D eigenvalue weighted by Crippen LogP contribution is 2.41. The first kappa shape index (κ1) is 19.9. The minimum absolute atomic E-state index is 0.288. The maximum Gasteiger partial charge on any atom is 0.239 e. The van der Waals surface area contributed by atoms with Gasteiger partial charge in [0.25, 0.3) is 0 Å². The molecule has 2 aliphatic heterocycles. The van der Waals surface area contributed by atoms with Crippen LogP contribution in [-0.2, 0) is 19.0 Å². The van der Waals surface area contributed by atoms with Crippen LogP contribution < -0.4 is 16.0 Å². The molecule has 0 radical (unpaired) electrons. The van der Waals surface area contributed by atoms with E-state index in [1.54, 1.807) is 21.0 Å². The third kappa shape index (κ3) is 3.14. The third-order valence-corrected chi connectivity index (χ3v) is 5.53. The van der Waals surface area contributed by atoms with Gasteiger partial charge in [-0.2, -0.15) is 0 Å². The van der Waals surface area contributed by atoms with Gasteiger partial charge in [0.15, 0.2) is 0 Å². The Morgan fingerprint density at radius 3 is 2.31 bits per heavy atom. The summed E-state index contributed by atoms with van der Waals surface area (Å²) >= 11 is 0. The number of hydrogen-bond donors (Lipinski definition) is 6. The molecule has 3 rings (SSSR count). The van der Waals surface area contributed by atoms with Crippen LogP contribution in [0.5, 0.6) is 0 Å². The lowest BCUT2D eigenvalue weighted by Gasteiger charge is -2.58. The van der Waals surface area contributed by atoms with E-state index >= 15 is 0 Å². The fourth-order valence-corrected chi connectivity index (χ4v) is 4.26. The van der Waals surface area contributed by atoms with Crippen LogP contribution in [0.3, 0.4) is 0 Å². The highest BCUT2D eigenvalue weighted by molar-refractivity contribution is 5.73. The Hall–Kier alpha value is -0.850. The van der Waals surface area contributed by atoms with E-state index in [1.165, 1.54) is 6.92 Å². The first-order chi connectivity index (χ1) is 12.2. The van der Waals surface area contributed by atoms with Gasteiger partial charge < -0.3 is 45.5 Å². The Kier molecular flexibility index (Phi) is 5.58. The molecule has 0 aromatic rings. The van der Waals surface area contributed by atoms with E-state index < -0.39 is 54.6 Å². The van der Waals surface area contributed by atoms with Gasteiger partial charge in [-0.05, 0) is 27.4 Å². The fourth-order valence-electron chi connectivity index (χ4n) is 4.26. The third-order valence-electron chi connectivity index (χ3n) is 5.53. The molecule has 2 saturated heterocycles. The molecule has 3 fully saturated rings. The number of fused-ring (bicyclic) bond motifs is 2. The summed E-state index contributed by atoms with van der Waals surface area (Å²) in [5, 5.41) is 40.9. The Labute approximate surface area is 152 Å². The van der Waals surface area contributed by atoms with E-state index in [0.29, 0.717) is 6.42 Å². The number of carbonyl (C=O) groups excluding carboxylic acids is 1. The van der Waals surface area contributed by atoms with Gasteiger partial charge in [-0.3, -0.25) is 4.79 Å². The standard InChI is InChI=1S/C16H29N3O7/c1-6-5-8(19-7(2)20)16(23)15(24-6)25-14-12(22)9(17-3)11(21)10(18-4)13(14)26-16/h6,8-15,17-18,21-23H,5H2,1-4H3,(H,19,20)/t6-,8?,9-,10+,11+,12+,13-,14-,15+,16+/m1/s1. The Balaban J connectivity index is 1.92. The SMILES string of the molecule is CN[C@@H]1[C@H](O)[C@H](NC)[C@H]2O[C@@]3(O)C(NC(C)=O)C[C@@H](C)O[C@H]3O[C@@H]2[C@H]1O. The van der Waals surface area contributed by atoms with Crippen LogP contribution in [0.15, 0.2) is 0 Å². The number of likely N-dealkylation sites (N-methyl/N-ethyl adjacent to an activating group) is 2. The van der Waals surface area contributed by atoms with Crippen LogP contribution in [0.25, 0.3) is 0 Å². The zero-order chi connectivity index (χ0) is 19.2. The van der Waals surface area contributed by atoms with E-state index in [-0.39, 0.29) is 12.0 Å². The number of rotatable bonds is 3. The predicted molar refractivity (Wildman–Crippen MR) is 89.0 cm³/mol. The molecule has 6 N–H and O–H groups in total. The van der Waals surface area contributed by atoms with Crippen molar-refractivity contribution in [2.24, 2.45) is 0 Å². The van der Waals surface area contributed by atoms with Crippen molar-refractivity contribution in [2.75, 3.05) is 14.1 Å². The van der Waals surface area contributed by atoms with Crippen molar-refractivity contribution < 1.29 is 34.3 Å². The van der Waals surface area contributed by atoms with Crippen molar-refractivity contribution in [3.63, 3.8) is 0 Å². The molecule has 150 valence electrons. The van der Waals surface area contributed by atoms with E-state index in [0.717, 1.165) is 0 Å². The van der Waals surface area contributed by atoms with E-state index in [2.05, 4.69) is 16.0 Å². The molecule has 10 nitrogen and oxygen atoms in total. The Morgan fingerprint density at radius 2 is 1.73 bits per heavy atom. The van der Waals surface area contributed by atoms with E-state index in [4.69, 9.17) is 14.2 Å². The summed E-state index contributed by atoms with van der Waals surface area (Å²) in [6.45, 7) is 3.16. The van der Waals surface area contributed by atoms with Crippen LogP contribution in [-0.4, -0.2) is 96.0 Å². The molecule has 10 atom stereocenters. The van der Waals surface area contributed by atoms with Gasteiger partial charge in [-0.15, -0.1) is 0 Å². The van der Waals surface area contributed by atoms with Gasteiger partial charge in [0.05, 0.1) is 30.3 Å². The molecule has 2 heterocycles. The van der Waals surface area contributed by atoms with E-state index in [9.17, 15) is 20.1 Å². The topological polar surface area (TPSA) is 142 Å². The second-order valence-corrected chi connectivity index (χ2v) is 7.31. The number of aliphatic hydroxyl groups excluding tert-OH is 2. The summed E-state index contributed by atoms with van der Waals surface area (Å²) < 4.78 is 17.6. The predicted octanol–water partition coefficient (Wildman–Crippen LogP) is -2.99. The van der Waals surface area contributed by atoms with Gasteiger partial charge in [0, 0.05) is 6.92 Å². The second kappa shape index (κ2) is 7.28. The van der Waals surface area contributed by atoms with Gasteiger partial charge in [0.2, 0.25) is 18.0 Å². The second-order valence-electron chi connectivity index (χ2n) is 7.31. The lowest BCUT2D eigenvalue weighted by molar-refractivity contribution is -0.449. The number of carbonyl (C=O) groups is 1. The first-order valence-corrected chi connectivity index (χ1v) is 8.91. The normalized spacial score (nSPS) is 51.3. The van der Waals surface area contributed by atoms with Crippen LogP contribution in [0.2, 0.25) is 0 Å².